The summed E-state index contributed by atoms with van der Waals surface area (Å²) in [6.07, 6.45) is 0. The van der Waals surface area contributed by atoms with Crippen LogP contribution in [0.25, 0.3) is 0 Å². The minimum atomic E-state index is -0.317. The summed E-state index contributed by atoms with van der Waals surface area (Å²) in [5, 5.41) is 0. The van der Waals surface area contributed by atoms with Crippen molar-refractivity contribution in [1.82, 2.24) is 0 Å². The topological polar surface area (TPSA) is 17.1 Å². The fourth-order valence-electron chi connectivity index (χ4n) is 0.825. The number of benzene rings is 1. The molecule has 0 bridgehead atoms. The molecule has 1 aromatic rings. The molecule has 0 aromatic heterocycles. The second-order valence-corrected chi connectivity index (χ2v) is 6.00. The SMILES string of the molecule is CC(=O)c1ccccc1[Te]Br. The molecule has 0 amide bonds. The summed E-state index contributed by atoms with van der Waals surface area (Å²) >= 11 is 3.14. The first-order valence-electron chi connectivity index (χ1n) is 3.14. The average molecular weight is 327 g/mol. The van der Waals surface area contributed by atoms with Crippen molar-refractivity contribution in [2.75, 3.05) is 0 Å². The van der Waals surface area contributed by atoms with Gasteiger partial charge in [0.25, 0.3) is 0 Å². The Hall–Kier alpha value is 0.160. The Bertz CT molecular complexity index is 273. The molecule has 0 heterocycles. The molecule has 3 heteroatoms. The molecule has 0 atom stereocenters. The molecule has 1 nitrogen and oxygen atoms in total. The molecule has 0 N–H and O–H groups in total. The van der Waals surface area contributed by atoms with E-state index in [0.29, 0.717) is 0 Å². The van der Waals surface area contributed by atoms with E-state index in [4.69, 9.17) is 0 Å². The van der Waals surface area contributed by atoms with E-state index in [1.807, 2.05) is 24.3 Å². The normalized spacial score (nSPS) is 9.64. The summed E-state index contributed by atoms with van der Waals surface area (Å²) in [5.41, 5.74) is 0.867. The first-order chi connectivity index (χ1) is 5.25. The fraction of sp³-hybridized carbons (Fsp3) is 0.125. The predicted octanol–water partition coefficient (Wildman–Crippen LogP) is 1.53. The molecule has 0 unspecified atom stereocenters. The Balaban J connectivity index is 3.12. The molecule has 1 aromatic carbocycles. The first-order valence-corrected chi connectivity index (χ1v) is 9.53. The van der Waals surface area contributed by atoms with Crippen molar-refractivity contribution in [2.45, 2.75) is 6.92 Å². The van der Waals surface area contributed by atoms with E-state index in [9.17, 15) is 4.79 Å². The van der Waals surface area contributed by atoms with Crippen molar-refractivity contribution in [2.24, 2.45) is 0 Å². The Labute approximate surface area is 82.1 Å². The second kappa shape index (κ2) is 4.25. The van der Waals surface area contributed by atoms with Gasteiger partial charge in [-0.15, -0.1) is 0 Å². The fourth-order valence-corrected chi connectivity index (χ4v) is 3.93. The third-order valence-electron chi connectivity index (χ3n) is 1.35. The first kappa shape index (κ1) is 9.25. The third kappa shape index (κ3) is 2.30. The van der Waals surface area contributed by atoms with Gasteiger partial charge in [-0.25, -0.2) is 0 Å². The van der Waals surface area contributed by atoms with Gasteiger partial charge in [-0.2, -0.15) is 0 Å². The molecular weight excluding hydrogens is 320 g/mol. The van der Waals surface area contributed by atoms with Crippen molar-refractivity contribution in [3.63, 3.8) is 0 Å². The van der Waals surface area contributed by atoms with Gasteiger partial charge in [0.2, 0.25) is 0 Å². The zero-order valence-corrected chi connectivity index (χ0v) is 9.92. The van der Waals surface area contributed by atoms with Gasteiger partial charge in [-0.05, 0) is 0 Å². The van der Waals surface area contributed by atoms with Crippen molar-refractivity contribution in [3.05, 3.63) is 29.8 Å². The molecule has 0 saturated carbocycles. The molecule has 0 saturated heterocycles. The van der Waals surface area contributed by atoms with Crippen molar-refractivity contribution >= 4 is 40.9 Å². The molecule has 0 radical (unpaired) electrons. The molecule has 58 valence electrons. The quantitative estimate of drug-likeness (QED) is 0.595. The maximum absolute atomic E-state index is 11.0. The van der Waals surface area contributed by atoms with Gasteiger partial charge < -0.3 is 0 Å². The molecule has 0 aliphatic rings. The zero-order chi connectivity index (χ0) is 8.27. The number of halogens is 1. The van der Waals surface area contributed by atoms with E-state index < -0.39 is 0 Å². The van der Waals surface area contributed by atoms with Crippen LogP contribution < -0.4 is 3.61 Å². The van der Waals surface area contributed by atoms with Crippen molar-refractivity contribution < 1.29 is 4.79 Å². The predicted molar refractivity (Wildman–Crippen MR) is 50.8 cm³/mol. The van der Waals surface area contributed by atoms with Gasteiger partial charge >= 0.3 is 82.4 Å². The Morgan fingerprint density at radius 1 is 1.45 bits per heavy atom. The second-order valence-electron chi connectivity index (χ2n) is 2.13. The molecule has 0 spiro atoms. The third-order valence-corrected chi connectivity index (χ3v) is 5.18. The van der Waals surface area contributed by atoms with Crippen LogP contribution in [0.3, 0.4) is 0 Å². The number of hydrogen-bond donors (Lipinski definition) is 0. The van der Waals surface area contributed by atoms with Crippen LogP contribution in [-0.4, -0.2) is 24.5 Å². The van der Waals surface area contributed by atoms with Gasteiger partial charge in [-0.3, -0.25) is 0 Å². The molecular formula is C8H7BrOTe. The van der Waals surface area contributed by atoms with Gasteiger partial charge in [-0.1, -0.05) is 0 Å². The van der Waals surface area contributed by atoms with Crippen LogP contribution >= 0.6 is 12.8 Å². The van der Waals surface area contributed by atoms with Crippen LogP contribution in [0.1, 0.15) is 17.3 Å². The van der Waals surface area contributed by atoms with Gasteiger partial charge in [0.15, 0.2) is 0 Å². The van der Waals surface area contributed by atoms with Gasteiger partial charge in [0.05, 0.1) is 0 Å². The average Bonchev–Trinajstić information content (AvgIpc) is 2.04. The van der Waals surface area contributed by atoms with Crippen LogP contribution in [0.15, 0.2) is 24.3 Å². The standard InChI is InChI=1S/C8H7BrOTe/c1-6(10)7-4-2-3-5-8(7)11-9/h2-5H,1H3. The molecule has 0 aliphatic heterocycles. The number of ketones is 1. The molecule has 0 aliphatic carbocycles. The summed E-state index contributed by atoms with van der Waals surface area (Å²) in [7, 11) is 0. The maximum atomic E-state index is 11.0. The van der Waals surface area contributed by atoms with Crippen LogP contribution in [0.2, 0.25) is 0 Å². The summed E-state index contributed by atoms with van der Waals surface area (Å²) in [4.78, 5) is 11.0. The van der Waals surface area contributed by atoms with Crippen LogP contribution in [0, 0.1) is 0 Å². The van der Waals surface area contributed by atoms with Gasteiger partial charge in [0.1, 0.15) is 0 Å². The Morgan fingerprint density at radius 3 is 2.55 bits per heavy atom. The van der Waals surface area contributed by atoms with Crippen LogP contribution in [-0.2, 0) is 0 Å². The monoisotopic (exact) mass is 328 g/mol. The van der Waals surface area contributed by atoms with E-state index in [1.54, 1.807) is 6.92 Å². The summed E-state index contributed by atoms with van der Waals surface area (Å²) in [5.74, 6) is 0.158. The molecule has 1 rings (SSSR count). The van der Waals surface area contributed by atoms with E-state index in [0.717, 1.165) is 5.56 Å². The van der Waals surface area contributed by atoms with E-state index in [-0.39, 0.29) is 24.5 Å². The van der Waals surface area contributed by atoms with Crippen molar-refractivity contribution in [1.29, 1.82) is 0 Å². The minimum absolute atomic E-state index is 0.158. The molecule has 11 heavy (non-hydrogen) atoms. The van der Waals surface area contributed by atoms with E-state index >= 15 is 0 Å². The van der Waals surface area contributed by atoms with E-state index in [1.165, 1.54) is 3.61 Å². The van der Waals surface area contributed by atoms with Gasteiger partial charge in [0, 0.05) is 0 Å². The number of hydrogen-bond acceptors (Lipinski definition) is 1. The number of rotatable bonds is 2. The number of carbonyl (C=O) groups excluding carboxylic acids is 1. The summed E-state index contributed by atoms with van der Waals surface area (Å²) < 4.78 is 1.19. The number of carbonyl (C=O) groups is 1. The molecule has 0 fully saturated rings. The number of Topliss-reactive ketones (excluding diaryl/α,β-unsaturated/α-hetero) is 1. The summed E-state index contributed by atoms with van der Waals surface area (Å²) in [6.45, 7) is 1.61. The van der Waals surface area contributed by atoms with Crippen LogP contribution in [0.5, 0.6) is 0 Å². The van der Waals surface area contributed by atoms with Crippen LogP contribution in [0.4, 0.5) is 0 Å². The summed E-state index contributed by atoms with van der Waals surface area (Å²) in [6, 6.07) is 7.75. The Morgan fingerprint density at radius 2 is 2.09 bits per heavy atom. The zero-order valence-electron chi connectivity index (χ0n) is 6.00. The Kier molecular flexibility index (Phi) is 3.57. The van der Waals surface area contributed by atoms with E-state index in [2.05, 4.69) is 12.8 Å². The van der Waals surface area contributed by atoms with Crippen molar-refractivity contribution in [3.8, 4) is 0 Å².